The Morgan fingerprint density at radius 2 is 0.829 bits per heavy atom. The van der Waals surface area contributed by atoms with Crippen LogP contribution in [0.1, 0.15) is 0 Å². The van der Waals surface area contributed by atoms with Crippen LogP contribution in [-0.4, -0.2) is 78.0 Å². The summed E-state index contributed by atoms with van der Waals surface area (Å²) in [5.41, 5.74) is 15.0. The second kappa shape index (κ2) is 8.19. The lowest BCUT2D eigenvalue weighted by atomic mass is 9.65. The number of fused-ring (bicyclic) bond motifs is 3. The molecule has 11 heteroatoms. The first-order valence-corrected chi connectivity index (χ1v) is 12.2. The molecule has 0 aliphatic rings. The number of phenols is 2. The van der Waals surface area contributed by atoms with Crippen molar-refractivity contribution in [3.63, 3.8) is 0 Å². The summed E-state index contributed by atoms with van der Waals surface area (Å²) < 4.78 is 0. The van der Waals surface area contributed by atoms with E-state index >= 15 is 0 Å². The Labute approximate surface area is 213 Å². The van der Waals surface area contributed by atoms with Crippen LogP contribution in [0.3, 0.4) is 0 Å². The fraction of sp³-hybridized carbons (Fsp3) is 0. The molecule has 0 spiro atoms. The van der Waals surface area contributed by atoms with Gasteiger partial charge in [-0.2, -0.15) is 0 Å². The van der Waals surface area contributed by atoms with Crippen molar-refractivity contribution in [1.82, 2.24) is 4.98 Å². The molecule has 162 valence electrons. The standard InChI is InChI=1S/C24H25B8NO2/c25-15-13(17(27)23(34)21(31)19(15)29)7-1-3-11-9(5-7)10-6-8(2-4-12(10)33-11)14-16(26)20(30)22(32)24(35)18(14)28/h1-6,33-35H,25-32H2. The average Bonchev–Trinajstić information content (AvgIpc) is 3.21. The van der Waals surface area contributed by atoms with E-state index in [1.165, 1.54) is 10.9 Å². The second-order valence-electron chi connectivity index (χ2n) is 10.1. The molecule has 0 unspecified atom stereocenters. The van der Waals surface area contributed by atoms with Gasteiger partial charge in [-0.3, -0.25) is 0 Å². The van der Waals surface area contributed by atoms with Crippen LogP contribution in [0.15, 0.2) is 36.4 Å². The van der Waals surface area contributed by atoms with E-state index in [1.54, 1.807) is 0 Å². The Kier molecular flexibility index (Phi) is 5.51. The summed E-state index contributed by atoms with van der Waals surface area (Å²) in [6, 6.07) is 13.0. The Morgan fingerprint density at radius 3 is 1.20 bits per heavy atom. The van der Waals surface area contributed by atoms with Gasteiger partial charge in [-0.15, -0.1) is 0 Å². The van der Waals surface area contributed by atoms with Gasteiger partial charge in [0.25, 0.3) is 0 Å². The highest BCUT2D eigenvalue weighted by Crippen LogP contribution is 2.32. The Morgan fingerprint density at radius 1 is 0.457 bits per heavy atom. The maximum atomic E-state index is 10.8. The van der Waals surface area contributed by atoms with E-state index in [4.69, 9.17) is 0 Å². The van der Waals surface area contributed by atoms with Gasteiger partial charge in [-0.1, -0.05) is 44.9 Å². The quantitative estimate of drug-likeness (QED) is 0.236. The summed E-state index contributed by atoms with van der Waals surface area (Å²) in [7, 11) is 16.4. The van der Waals surface area contributed by atoms with Crippen molar-refractivity contribution < 1.29 is 10.2 Å². The van der Waals surface area contributed by atoms with E-state index in [0.29, 0.717) is 11.5 Å². The van der Waals surface area contributed by atoms with Gasteiger partial charge < -0.3 is 15.2 Å². The van der Waals surface area contributed by atoms with Crippen molar-refractivity contribution in [1.29, 1.82) is 0 Å². The normalized spacial score (nSPS) is 11.4. The first kappa shape index (κ1) is 23.5. The van der Waals surface area contributed by atoms with Crippen molar-refractivity contribution in [2.24, 2.45) is 0 Å². The molecule has 4 aromatic carbocycles. The molecule has 5 aromatic rings. The monoisotopic (exact) mass is 447 g/mol. The number of aromatic hydroxyl groups is 2. The molecule has 1 heterocycles. The summed E-state index contributed by atoms with van der Waals surface area (Å²) in [4.78, 5) is 3.56. The van der Waals surface area contributed by atoms with Gasteiger partial charge in [0.15, 0.2) is 0 Å². The molecule has 0 radical (unpaired) electrons. The van der Waals surface area contributed by atoms with Crippen LogP contribution < -0.4 is 43.7 Å². The summed E-state index contributed by atoms with van der Waals surface area (Å²) in [5, 5.41) is 23.8. The molecule has 3 nitrogen and oxygen atoms in total. The van der Waals surface area contributed by atoms with Gasteiger partial charge in [0.2, 0.25) is 0 Å². The van der Waals surface area contributed by atoms with Crippen LogP contribution in [0.2, 0.25) is 0 Å². The molecule has 0 aliphatic heterocycles. The molecular formula is C24H25B8NO2. The fourth-order valence-corrected chi connectivity index (χ4v) is 5.73. The fourth-order valence-electron chi connectivity index (χ4n) is 5.73. The van der Waals surface area contributed by atoms with Gasteiger partial charge in [0, 0.05) is 21.8 Å². The number of aromatic amines is 1. The van der Waals surface area contributed by atoms with Crippen LogP contribution in [0.25, 0.3) is 44.1 Å². The number of hydrogen-bond acceptors (Lipinski definition) is 2. The first-order valence-electron chi connectivity index (χ1n) is 12.2. The number of H-pyrrole nitrogens is 1. The third-order valence-corrected chi connectivity index (χ3v) is 8.35. The van der Waals surface area contributed by atoms with E-state index in [2.05, 4.69) is 72.8 Å². The third-order valence-electron chi connectivity index (χ3n) is 8.35. The van der Waals surface area contributed by atoms with Gasteiger partial charge in [0.05, 0.1) is 0 Å². The third kappa shape index (κ3) is 3.39. The van der Waals surface area contributed by atoms with Gasteiger partial charge in [0.1, 0.15) is 74.3 Å². The number of nitrogens with one attached hydrogen (secondary N) is 1. The Hall–Kier alpha value is -3.20. The van der Waals surface area contributed by atoms with Crippen LogP contribution >= 0.6 is 0 Å². The SMILES string of the molecule is Bc1c(B)c(O)c(B)c(-c2ccc3[nH]c4ccc(-c5c(B)c(B)c(B)c(O)c5B)cc4c3c2)c1B. The number of rotatable bonds is 2. The van der Waals surface area contributed by atoms with E-state index in [-0.39, 0.29) is 0 Å². The lowest BCUT2D eigenvalue weighted by molar-refractivity contribution is 0.484. The smallest absolute Gasteiger partial charge is 0.144 e. The molecule has 1 aromatic heterocycles. The van der Waals surface area contributed by atoms with Crippen LogP contribution in [-0.2, 0) is 0 Å². The van der Waals surface area contributed by atoms with Crippen molar-refractivity contribution in [2.45, 2.75) is 0 Å². The summed E-state index contributed by atoms with van der Waals surface area (Å²) in [5.74, 6) is 0.759. The maximum Gasteiger partial charge on any atom is 0.144 e. The molecule has 0 aliphatic carbocycles. The second-order valence-corrected chi connectivity index (χ2v) is 10.1. The van der Waals surface area contributed by atoms with Gasteiger partial charge in [-0.05, 0) is 57.4 Å². The molecule has 0 saturated carbocycles. The van der Waals surface area contributed by atoms with E-state index in [9.17, 15) is 10.2 Å². The highest BCUT2D eigenvalue weighted by atomic mass is 16.3. The molecule has 0 saturated heterocycles. The largest absolute Gasteiger partial charge is 0.509 e. The van der Waals surface area contributed by atoms with Gasteiger partial charge >= 0.3 is 0 Å². The zero-order valence-electron chi connectivity index (χ0n) is 21.9. The molecule has 5 rings (SSSR count). The van der Waals surface area contributed by atoms with Crippen LogP contribution in [0.4, 0.5) is 0 Å². The minimum absolute atomic E-state index is 0.380. The zero-order valence-corrected chi connectivity index (χ0v) is 21.9. The Balaban J connectivity index is 1.78. The van der Waals surface area contributed by atoms with Crippen molar-refractivity contribution in [3.05, 3.63) is 36.4 Å². The van der Waals surface area contributed by atoms with E-state index < -0.39 is 0 Å². The Bertz CT molecular complexity index is 1530. The highest BCUT2D eigenvalue weighted by Gasteiger charge is 2.18. The first-order chi connectivity index (χ1) is 16.5. The lowest BCUT2D eigenvalue weighted by Crippen LogP contribution is -2.44. The molecule has 35 heavy (non-hydrogen) atoms. The molecule has 0 atom stereocenters. The number of hydrogen-bond donors (Lipinski definition) is 3. The molecule has 3 N–H and O–H groups in total. The minimum Gasteiger partial charge on any atom is -0.509 e. The molecular weight excluding hydrogens is 421 g/mol. The predicted octanol–water partition coefficient (Wildman–Crippen LogP) is -7.87. The van der Waals surface area contributed by atoms with Crippen LogP contribution in [0, 0.1) is 0 Å². The highest BCUT2D eigenvalue weighted by molar-refractivity contribution is 6.63. The number of phenolic OH excluding ortho intramolecular Hbond substituents is 2. The topological polar surface area (TPSA) is 56.2 Å². The molecule has 0 fully saturated rings. The maximum absolute atomic E-state index is 10.8. The zero-order chi connectivity index (χ0) is 25.3. The predicted molar refractivity (Wildman–Crippen MR) is 175 cm³/mol. The van der Waals surface area contributed by atoms with E-state index in [1.807, 2.05) is 31.4 Å². The molecule has 0 amide bonds. The minimum atomic E-state index is 0.380. The van der Waals surface area contributed by atoms with E-state index in [0.717, 1.165) is 76.8 Å². The number of benzene rings is 4. The average molecular weight is 446 g/mol. The van der Waals surface area contributed by atoms with Crippen molar-refractivity contribution in [2.75, 3.05) is 0 Å². The van der Waals surface area contributed by atoms with Crippen molar-refractivity contribution in [3.8, 4) is 33.8 Å². The summed E-state index contributed by atoms with van der Waals surface area (Å²) >= 11 is 0. The van der Waals surface area contributed by atoms with Crippen LogP contribution in [0.5, 0.6) is 11.5 Å². The summed E-state index contributed by atoms with van der Waals surface area (Å²) in [6.07, 6.45) is 0. The van der Waals surface area contributed by atoms with Crippen molar-refractivity contribution >= 4 is 128 Å². The summed E-state index contributed by atoms with van der Waals surface area (Å²) in [6.45, 7) is 0. The molecule has 0 bridgehead atoms. The number of aromatic nitrogens is 1. The van der Waals surface area contributed by atoms with Gasteiger partial charge in [-0.25, -0.2) is 0 Å². The lowest BCUT2D eigenvalue weighted by Gasteiger charge is -2.19.